The molecule has 0 saturated heterocycles. The van der Waals surface area contributed by atoms with Crippen LogP contribution in [0.1, 0.15) is 24.1 Å². The molecular formula is C13H11ClF3NO. The van der Waals surface area contributed by atoms with E-state index in [-0.39, 0.29) is 11.1 Å². The Labute approximate surface area is 113 Å². The summed E-state index contributed by atoms with van der Waals surface area (Å²) in [6.45, 7) is 1.82. The second-order valence-corrected chi connectivity index (χ2v) is 4.59. The van der Waals surface area contributed by atoms with Crippen LogP contribution in [0.5, 0.6) is 0 Å². The lowest BCUT2D eigenvalue weighted by Crippen LogP contribution is -2.09. The quantitative estimate of drug-likeness (QED) is 0.848. The van der Waals surface area contributed by atoms with Gasteiger partial charge in [-0.25, -0.2) is 0 Å². The third-order valence-corrected chi connectivity index (χ3v) is 2.87. The average molecular weight is 290 g/mol. The predicted molar refractivity (Wildman–Crippen MR) is 67.2 cm³/mol. The van der Waals surface area contributed by atoms with Crippen molar-refractivity contribution in [1.82, 2.24) is 0 Å². The van der Waals surface area contributed by atoms with Crippen molar-refractivity contribution in [3.05, 3.63) is 52.9 Å². The monoisotopic (exact) mass is 289 g/mol. The van der Waals surface area contributed by atoms with Crippen LogP contribution in [0.25, 0.3) is 0 Å². The van der Waals surface area contributed by atoms with Crippen LogP contribution in [0, 0.1) is 0 Å². The Kier molecular flexibility index (Phi) is 3.75. The molecule has 1 aromatic carbocycles. The zero-order chi connectivity index (χ0) is 14.0. The lowest BCUT2D eigenvalue weighted by atomic mass is 10.1. The summed E-state index contributed by atoms with van der Waals surface area (Å²) in [5, 5.41) is 2.99. The molecule has 2 rings (SSSR count). The van der Waals surface area contributed by atoms with Crippen molar-refractivity contribution in [1.29, 1.82) is 0 Å². The molecule has 2 aromatic rings. The Balaban J connectivity index is 2.23. The summed E-state index contributed by atoms with van der Waals surface area (Å²) in [4.78, 5) is 0. The summed E-state index contributed by atoms with van der Waals surface area (Å²) >= 11 is 5.71. The number of halogens is 4. The fourth-order valence-corrected chi connectivity index (χ4v) is 1.93. The van der Waals surface area contributed by atoms with Crippen LogP contribution >= 0.6 is 11.6 Å². The highest BCUT2D eigenvalue weighted by atomic mass is 35.5. The van der Waals surface area contributed by atoms with Crippen LogP contribution in [0.3, 0.4) is 0 Å². The van der Waals surface area contributed by atoms with Gasteiger partial charge in [0.1, 0.15) is 0 Å². The summed E-state index contributed by atoms with van der Waals surface area (Å²) in [7, 11) is 0. The van der Waals surface area contributed by atoms with Gasteiger partial charge in [0.2, 0.25) is 0 Å². The van der Waals surface area contributed by atoms with Crippen LogP contribution in [-0.2, 0) is 6.18 Å². The minimum absolute atomic E-state index is 0.0386. The molecule has 0 amide bonds. The number of anilines is 1. The Hall–Kier alpha value is -1.62. The molecule has 2 nitrogen and oxygen atoms in total. The van der Waals surface area contributed by atoms with Gasteiger partial charge in [0.25, 0.3) is 0 Å². The largest absolute Gasteiger partial charge is 0.472 e. The molecular weight excluding hydrogens is 279 g/mol. The van der Waals surface area contributed by atoms with Gasteiger partial charge in [0.15, 0.2) is 0 Å². The average Bonchev–Trinajstić information content (AvgIpc) is 2.80. The van der Waals surface area contributed by atoms with E-state index in [1.807, 2.05) is 6.92 Å². The van der Waals surface area contributed by atoms with Gasteiger partial charge in [-0.3, -0.25) is 0 Å². The third kappa shape index (κ3) is 3.44. The zero-order valence-electron chi connectivity index (χ0n) is 9.96. The van der Waals surface area contributed by atoms with Gasteiger partial charge in [-0.2, -0.15) is 13.2 Å². The Morgan fingerprint density at radius 1 is 1.26 bits per heavy atom. The molecule has 0 aliphatic heterocycles. The van der Waals surface area contributed by atoms with Gasteiger partial charge in [0.05, 0.1) is 24.1 Å². The highest BCUT2D eigenvalue weighted by Crippen LogP contribution is 2.34. The van der Waals surface area contributed by atoms with Gasteiger partial charge < -0.3 is 9.73 Å². The number of hydrogen-bond donors (Lipinski definition) is 1. The first-order valence-corrected chi connectivity index (χ1v) is 5.90. The molecule has 1 N–H and O–H groups in total. The summed E-state index contributed by atoms with van der Waals surface area (Å²) in [6, 6.07) is 4.94. The molecule has 0 bridgehead atoms. The van der Waals surface area contributed by atoms with E-state index in [1.54, 1.807) is 6.07 Å². The van der Waals surface area contributed by atoms with E-state index in [2.05, 4.69) is 5.32 Å². The van der Waals surface area contributed by atoms with Crippen molar-refractivity contribution in [2.75, 3.05) is 5.32 Å². The van der Waals surface area contributed by atoms with Gasteiger partial charge >= 0.3 is 6.18 Å². The molecule has 0 aliphatic rings. The highest BCUT2D eigenvalue weighted by Gasteiger charge is 2.31. The molecule has 6 heteroatoms. The van der Waals surface area contributed by atoms with Crippen LogP contribution in [-0.4, -0.2) is 0 Å². The molecule has 102 valence electrons. The van der Waals surface area contributed by atoms with Crippen molar-refractivity contribution < 1.29 is 17.6 Å². The lowest BCUT2D eigenvalue weighted by molar-refractivity contribution is -0.137. The minimum Gasteiger partial charge on any atom is -0.472 e. The maximum absolute atomic E-state index is 12.7. The van der Waals surface area contributed by atoms with E-state index < -0.39 is 11.7 Å². The maximum atomic E-state index is 12.7. The molecule has 0 saturated carbocycles. The SMILES string of the molecule is CC(Nc1cc(Cl)cc(C(F)(F)F)c1)c1ccoc1. The fraction of sp³-hybridized carbons (Fsp3) is 0.231. The van der Waals surface area contributed by atoms with Crippen LogP contribution in [0.2, 0.25) is 5.02 Å². The van der Waals surface area contributed by atoms with Crippen molar-refractivity contribution in [3.63, 3.8) is 0 Å². The molecule has 0 aliphatic carbocycles. The molecule has 19 heavy (non-hydrogen) atoms. The second-order valence-electron chi connectivity index (χ2n) is 4.15. The number of benzene rings is 1. The Bertz CT molecular complexity index is 552. The second kappa shape index (κ2) is 5.17. The summed E-state index contributed by atoms with van der Waals surface area (Å²) in [5.41, 5.74) is 0.379. The van der Waals surface area contributed by atoms with Crippen LogP contribution in [0.4, 0.5) is 18.9 Å². The number of rotatable bonds is 3. The molecule has 1 unspecified atom stereocenters. The van der Waals surface area contributed by atoms with Crippen molar-refractivity contribution in [3.8, 4) is 0 Å². The van der Waals surface area contributed by atoms with Gasteiger partial charge in [-0.1, -0.05) is 11.6 Å². The van der Waals surface area contributed by atoms with E-state index >= 15 is 0 Å². The van der Waals surface area contributed by atoms with E-state index in [9.17, 15) is 13.2 Å². The van der Waals surface area contributed by atoms with Gasteiger partial charge in [-0.15, -0.1) is 0 Å². The molecule has 0 radical (unpaired) electrons. The maximum Gasteiger partial charge on any atom is 0.416 e. The van der Waals surface area contributed by atoms with Crippen molar-refractivity contribution in [2.45, 2.75) is 19.1 Å². The number of hydrogen-bond acceptors (Lipinski definition) is 2. The Morgan fingerprint density at radius 2 is 2.00 bits per heavy atom. The topological polar surface area (TPSA) is 25.2 Å². The zero-order valence-corrected chi connectivity index (χ0v) is 10.7. The number of alkyl halides is 3. The Morgan fingerprint density at radius 3 is 2.58 bits per heavy atom. The first kappa shape index (κ1) is 13.8. The number of nitrogens with one attached hydrogen (secondary N) is 1. The standard InChI is InChI=1S/C13H11ClF3NO/c1-8(9-2-3-19-7-9)18-12-5-10(13(15,16)17)4-11(14)6-12/h2-8,18H,1H3. The molecule has 1 heterocycles. The summed E-state index contributed by atoms with van der Waals surface area (Å²) < 4.78 is 42.9. The van der Waals surface area contributed by atoms with E-state index in [1.165, 1.54) is 18.6 Å². The van der Waals surface area contributed by atoms with Gasteiger partial charge in [-0.05, 0) is 31.2 Å². The summed E-state index contributed by atoms with van der Waals surface area (Å²) in [6.07, 6.45) is -1.38. The molecule has 1 aromatic heterocycles. The van der Waals surface area contributed by atoms with Crippen LogP contribution < -0.4 is 5.32 Å². The molecule has 0 fully saturated rings. The van der Waals surface area contributed by atoms with Gasteiger partial charge in [0, 0.05) is 16.3 Å². The van der Waals surface area contributed by atoms with E-state index in [0.717, 1.165) is 17.7 Å². The van der Waals surface area contributed by atoms with E-state index in [0.29, 0.717) is 5.69 Å². The minimum atomic E-state index is -4.42. The fourth-order valence-electron chi connectivity index (χ4n) is 1.69. The van der Waals surface area contributed by atoms with Crippen LogP contribution in [0.15, 0.2) is 41.2 Å². The molecule has 0 spiro atoms. The lowest BCUT2D eigenvalue weighted by Gasteiger charge is -2.16. The smallest absolute Gasteiger partial charge is 0.416 e. The highest BCUT2D eigenvalue weighted by molar-refractivity contribution is 6.30. The van der Waals surface area contributed by atoms with E-state index in [4.69, 9.17) is 16.0 Å². The number of furan rings is 1. The van der Waals surface area contributed by atoms with Crippen molar-refractivity contribution in [2.24, 2.45) is 0 Å². The first-order valence-electron chi connectivity index (χ1n) is 5.52. The normalized spacial score (nSPS) is 13.3. The van der Waals surface area contributed by atoms with Crippen molar-refractivity contribution >= 4 is 17.3 Å². The molecule has 1 atom stereocenters. The third-order valence-electron chi connectivity index (χ3n) is 2.65. The predicted octanol–water partition coefficient (Wildman–Crippen LogP) is 5.12. The first-order chi connectivity index (χ1) is 8.86. The summed E-state index contributed by atoms with van der Waals surface area (Å²) in [5.74, 6) is 0.